The molecule has 0 N–H and O–H groups in total. The number of anilines is 1. The third-order valence-corrected chi connectivity index (χ3v) is 5.96. The van der Waals surface area contributed by atoms with Gasteiger partial charge in [-0.15, -0.1) is 0 Å². The summed E-state index contributed by atoms with van der Waals surface area (Å²) in [5, 5.41) is 2.47. The molecule has 1 aromatic heterocycles. The number of piperidine rings is 1. The van der Waals surface area contributed by atoms with Crippen LogP contribution in [0, 0.1) is 0 Å². The van der Waals surface area contributed by atoms with Crippen LogP contribution in [0.3, 0.4) is 0 Å². The van der Waals surface area contributed by atoms with Crippen LogP contribution >= 0.6 is 15.9 Å². The van der Waals surface area contributed by atoms with Crippen molar-refractivity contribution in [3.05, 3.63) is 34.6 Å². The number of pyridine rings is 1. The Morgan fingerprint density at radius 1 is 1.26 bits per heavy atom. The van der Waals surface area contributed by atoms with Gasteiger partial charge >= 0.3 is 6.09 Å². The van der Waals surface area contributed by atoms with Crippen molar-refractivity contribution in [1.29, 1.82) is 0 Å². The highest BCUT2D eigenvalue weighted by molar-refractivity contribution is 9.10. The summed E-state index contributed by atoms with van der Waals surface area (Å²) in [6.45, 7) is 8.17. The minimum Gasteiger partial charge on any atom is -0.444 e. The summed E-state index contributed by atoms with van der Waals surface area (Å²) >= 11 is 3.77. The van der Waals surface area contributed by atoms with Crippen molar-refractivity contribution < 1.29 is 9.53 Å². The first-order valence-electron chi connectivity index (χ1n) is 9.63. The third-order valence-electron chi connectivity index (χ3n) is 5.32. The first kappa shape index (κ1) is 18.5. The van der Waals surface area contributed by atoms with Crippen LogP contribution in [0.15, 0.2) is 29.0 Å². The maximum Gasteiger partial charge on any atom is 0.410 e. The molecule has 1 aromatic carbocycles. The fourth-order valence-electron chi connectivity index (χ4n) is 4.19. The van der Waals surface area contributed by atoms with E-state index in [-0.39, 0.29) is 6.09 Å². The van der Waals surface area contributed by atoms with Gasteiger partial charge < -0.3 is 14.5 Å². The molecule has 2 aliphatic heterocycles. The van der Waals surface area contributed by atoms with Crippen LogP contribution in [0.1, 0.15) is 39.2 Å². The summed E-state index contributed by atoms with van der Waals surface area (Å²) < 4.78 is 6.71. The number of nitrogens with zero attached hydrogens (tertiary/aromatic N) is 3. The molecule has 6 heteroatoms. The summed E-state index contributed by atoms with van der Waals surface area (Å²) in [7, 11) is 0. The van der Waals surface area contributed by atoms with E-state index in [9.17, 15) is 4.79 Å². The van der Waals surface area contributed by atoms with Crippen LogP contribution < -0.4 is 4.90 Å². The first-order chi connectivity index (χ1) is 12.8. The smallest absolute Gasteiger partial charge is 0.410 e. The van der Waals surface area contributed by atoms with Crippen molar-refractivity contribution in [2.75, 3.05) is 24.5 Å². The summed E-state index contributed by atoms with van der Waals surface area (Å²) in [6.07, 6.45) is 6.79. The SMILES string of the molecule is CC(C)(C)OC(=O)N1CCCC(N2CCc3cncc4ccc(Br)c2c34)C1. The van der Waals surface area contributed by atoms with E-state index >= 15 is 0 Å². The molecule has 0 radical (unpaired) electrons. The minimum absolute atomic E-state index is 0.203. The van der Waals surface area contributed by atoms with Crippen molar-refractivity contribution in [3.63, 3.8) is 0 Å². The van der Waals surface area contributed by atoms with Gasteiger partial charge in [-0.05, 0) is 67.6 Å². The molecular formula is C21H26BrN3O2. The van der Waals surface area contributed by atoms with Gasteiger partial charge in [0, 0.05) is 53.3 Å². The number of ether oxygens (including phenoxy) is 1. The molecule has 0 aliphatic carbocycles. The number of carbonyl (C=O) groups excluding carboxylic acids is 1. The van der Waals surface area contributed by atoms with Gasteiger partial charge in [0.05, 0.1) is 5.69 Å². The zero-order chi connectivity index (χ0) is 19.2. The van der Waals surface area contributed by atoms with Crippen LogP contribution in [0.25, 0.3) is 10.8 Å². The molecule has 2 aliphatic rings. The van der Waals surface area contributed by atoms with Gasteiger partial charge in [-0.3, -0.25) is 4.98 Å². The van der Waals surface area contributed by atoms with Crippen LogP contribution in [0.2, 0.25) is 0 Å². The zero-order valence-corrected chi connectivity index (χ0v) is 17.8. The van der Waals surface area contributed by atoms with E-state index in [1.807, 2.05) is 38.1 Å². The Kier molecular flexibility index (Phi) is 4.78. The number of aromatic nitrogens is 1. The molecular weight excluding hydrogens is 406 g/mol. The lowest BCUT2D eigenvalue weighted by Gasteiger charge is -2.43. The fourth-order valence-corrected chi connectivity index (χ4v) is 4.75. The summed E-state index contributed by atoms with van der Waals surface area (Å²) in [5.74, 6) is 0. The molecule has 3 heterocycles. The zero-order valence-electron chi connectivity index (χ0n) is 16.2. The number of halogens is 1. The first-order valence-corrected chi connectivity index (χ1v) is 10.4. The van der Waals surface area contributed by atoms with Crippen molar-refractivity contribution in [2.45, 2.75) is 51.7 Å². The largest absolute Gasteiger partial charge is 0.444 e. The van der Waals surface area contributed by atoms with E-state index in [2.05, 4.69) is 37.9 Å². The lowest BCUT2D eigenvalue weighted by Crippen LogP contribution is -2.52. The molecule has 0 bridgehead atoms. The maximum absolute atomic E-state index is 12.6. The quantitative estimate of drug-likeness (QED) is 0.652. The van der Waals surface area contributed by atoms with Crippen molar-refractivity contribution >= 4 is 38.5 Å². The molecule has 1 amide bonds. The third kappa shape index (κ3) is 3.64. The van der Waals surface area contributed by atoms with E-state index in [1.54, 1.807) is 0 Å². The number of likely N-dealkylation sites (tertiary alicyclic amines) is 1. The minimum atomic E-state index is -0.463. The predicted octanol–water partition coefficient (Wildman–Crippen LogP) is 4.76. The average molecular weight is 432 g/mol. The monoisotopic (exact) mass is 431 g/mol. The standard InChI is InChI=1S/C21H26BrN3O2/c1-21(2,3)27-20(26)24-9-4-5-16(13-24)25-10-8-15-12-23-11-14-6-7-17(22)19(25)18(14)15/h6-7,11-12,16H,4-5,8-10,13H2,1-3H3. The topological polar surface area (TPSA) is 45.7 Å². The van der Waals surface area contributed by atoms with Crippen molar-refractivity contribution in [3.8, 4) is 0 Å². The molecule has 144 valence electrons. The van der Waals surface area contributed by atoms with Crippen LogP contribution in [-0.2, 0) is 11.2 Å². The van der Waals surface area contributed by atoms with Gasteiger partial charge in [-0.2, -0.15) is 0 Å². The molecule has 1 unspecified atom stereocenters. The Labute approximate surface area is 168 Å². The van der Waals surface area contributed by atoms with Crippen LogP contribution in [0.4, 0.5) is 10.5 Å². The summed E-state index contributed by atoms with van der Waals surface area (Å²) in [4.78, 5) is 21.3. The second-order valence-corrected chi connectivity index (χ2v) is 9.31. The van der Waals surface area contributed by atoms with E-state index in [1.165, 1.54) is 22.0 Å². The summed E-state index contributed by atoms with van der Waals surface area (Å²) in [6, 6.07) is 4.53. The Morgan fingerprint density at radius 3 is 2.85 bits per heavy atom. The van der Waals surface area contributed by atoms with Crippen molar-refractivity contribution in [2.24, 2.45) is 0 Å². The fraction of sp³-hybridized carbons (Fsp3) is 0.524. The maximum atomic E-state index is 12.6. The highest BCUT2D eigenvalue weighted by Gasteiger charge is 2.33. The second kappa shape index (κ2) is 6.97. The Morgan fingerprint density at radius 2 is 2.07 bits per heavy atom. The van der Waals surface area contributed by atoms with E-state index < -0.39 is 5.60 Å². The van der Waals surface area contributed by atoms with Crippen LogP contribution in [0.5, 0.6) is 0 Å². The lowest BCUT2D eigenvalue weighted by atomic mass is 9.95. The Hall–Kier alpha value is -1.82. The molecule has 1 fully saturated rings. The van der Waals surface area contributed by atoms with Gasteiger partial charge in [0.2, 0.25) is 0 Å². The number of carbonyl (C=O) groups is 1. The van der Waals surface area contributed by atoms with Gasteiger partial charge in [-0.1, -0.05) is 6.07 Å². The number of hydrogen-bond acceptors (Lipinski definition) is 4. The van der Waals surface area contributed by atoms with E-state index in [0.717, 1.165) is 36.8 Å². The highest BCUT2D eigenvalue weighted by atomic mass is 79.9. The van der Waals surface area contributed by atoms with Gasteiger partial charge in [0.25, 0.3) is 0 Å². The predicted molar refractivity (Wildman–Crippen MR) is 111 cm³/mol. The number of hydrogen-bond donors (Lipinski definition) is 0. The molecule has 1 atom stereocenters. The number of benzene rings is 1. The van der Waals surface area contributed by atoms with Gasteiger partial charge in [-0.25, -0.2) is 4.79 Å². The molecule has 0 saturated carbocycles. The Bertz CT molecular complexity index is 878. The second-order valence-electron chi connectivity index (χ2n) is 8.46. The van der Waals surface area contributed by atoms with Crippen molar-refractivity contribution in [1.82, 2.24) is 9.88 Å². The molecule has 4 rings (SSSR count). The highest BCUT2D eigenvalue weighted by Crippen LogP contribution is 2.41. The van der Waals surface area contributed by atoms with Crippen LogP contribution in [-0.4, -0.2) is 47.3 Å². The summed E-state index contributed by atoms with van der Waals surface area (Å²) in [5.41, 5.74) is 2.09. The number of rotatable bonds is 1. The average Bonchev–Trinajstić information content (AvgIpc) is 2.63. The molecule has 27 heavy (non-hydrogen) atoms. The normalized spacial score (nSPS) is 20.1. The molecule has 5 nitrogen and oxygen atoms in total. The number of amides is 1. The van der Waals surface area contributed by atoms with Gasteiger partial charge in [0.1, 0.15) is 5.60 Å². The van der Waals surface area contributed by atoms with Gasteiger partial charge in [0.15, 0.2) is 0 Å². The molecule has 0 spiro atoms. The Balaban J connectivity index is 1.63. The lowest BCUT2D eigenvalue weighted by molar-refractivity contribution is 0.0198. The van der Waals surface area contributed by atoms with E-state index in [0.29, 0.717) is 12.6 Å². The molecule has 1 saturated heterocycles. The molecule has 2 aromatic rings. The van der Waals surface area contributed by atoms with E-state index in [4.69, 9.17) is 4.74 Å².